The number of aromatic nitrogens is 3. The third kappa shape index (κ3) is 2.14. The van der Waals surface area contributed by atoms with E-state index in [1.54, 1.807) is 25.1 Å². The maximum Gasteiger partial charge on any atom is 0.271 e. The van der Waals surface area contributed by atoms with Crippen LogP contribution >= 0.6 is 11.6 Å². The predicted octanol–water partition coefficient (Wildman–Crippen LogP) is 1.64. The second-order valence-corrected chi connectivity index (χ2v) is 4.15. The van der Waals surface area contributed by atoms with Crippen molar-refractivity contribution in [1.82, 2.24) is 15.0 Å². The average Bonchev–Trinajstić information content (AvgIpc) is 2.60. The Kier molecular flexibility index (Phi) is 2.85. The Morgan fingerprint density at radius 2 is 2.06 bits per heavy atom. The number of nitrogens with zero attached hydrogens (tertiary/aromatic N) is 3. The van der Waals surface area contributed by atoms with Crippen molar-refractivity contribution in [3.63, 3.8) is 0 Å². The summed E-state index contributed by atoms with van der Waals surface area (Å²) in [6.07, 6.45) is 0. The molecule has 0 atom stereocenters. The van der Waals surface area contributed by atoms with Crippen LogP contribution < -0.4 is 5.73 Å². The molecular weight excluding hydrogens is 240 g/mol. The van der Waals surface area contributed by atoms with Crippen molar-refractivity contribution in [1.29, 1.82) is 0 Å². The zero-order valence-corrected chi connectivity index (χ0v) is 10.2. The minimum Gasteiger partial charge on any atom is -0.364 e. The van der Waals surface area contributed by atoms with Crippen molar-refractivity contribution in [2.24, 2.45) is 5.73 Å². The third-order valence-corrected chi connectivity index (χ3v) is 2.62. The van der Waals surface area contributed by atoms with Gasteiger partial charge in [-0.15, -0.1) is 5.10 Å². The highest BCUT2D eigenvalue weighted by molar-refractivity contribution is 6.30. The highest BCUT2D eigenvalue weighted by atomic mass is 35.5. The van der Waals surface area contributed by atoms with Crippen LogP contribution in [0.2, 0.25) is 5.02 Å². The summed E-state index contributed by atoms with van der Waals surface area (Å²) in [4.78, 5) is 12.5. The lowest BCUT2D eigenvalue weighted by atomic mass is 10.2. The van der Waals surface area contributed by atoms with Gasteiger partial charge in [-0.05, 0) is 37.6 Å². The molecule has 0 aliphatic rings. The summed E-state index contributed by atoms with van der Waals surface area (Å²) in [5.74, 6) is -0.583. The van der Waals surface area contributed by atoms with E-state index in [1.165, 1.54) is 4.80 Å². The van der Waals surface area contributed by atoms with Crippen LogP contribution in [0.3, 0.4) is 0 Å². The van der Waals surface area contributed by atoms with Crippen LogP contribution in [0.1, 0.15) is 21.7 Å². The smallest absolute Gasteiger partial charge is 0.271 e. The molecule has 1 aromatic heterocycles. The van der Waals surface area contributed by atoms with Crippen molar-refractivity contribution < 1.29 is 4.79 Å². The van der Waals surface area contributed by atoms with Crippen LogP contribution in [0.5, 0.6) is 0 Å². The van der Waals surface area contributed by atoms with E-state index in [-0.39, 0.29) is 5.69 Å². The first-order chi connectivity index (χ1) is 7.99. The maximum absolute atomic E-state index is 11.1. The van der Waals surface area contributed by atoms with Crippen LogP contribution in [0.15, 0.2) is 18.2 Å². The van der Waals surface area contributed by atoms with E-state index in [0.29, 0.717) is 10.7 Å². The first-order valence-corrected chi connectivity index (χ1v) is 5.37. The summed E-state index contributed by atoms with van der Waals surface area (Å²) in [5, 5.41) is 8.86. The Morgan fingerprint density at radius 1 is 1.35 bits per heavy atom. The molecule has 1 heterocycles. The van der Waals surface area contributed by atoms with Gasteiger partial charge in [0.15, 0.2) is 5.69 Å². The normalized spacial score (nSPS) is 10.5. The minimum absolute atomic E-state index is 0.180. The Labute approximate surface area is 103 Å². The molecule has 0 saturated heterocycles. The molecule has 0 unspecified atom stereocenters. The first-order valence-electron chi connectivity index (χ1n) is 4.99. The van der Waals surface area contributed by atoms with Gasteiger partial charge in [0.05, 0.1) is 11.4 Å². The summed E-state index contributed by atoms with van der Waals surface area (Å²) in [5.41, 5.74) is 7.57. The average molecular weight is 251 g/mol. The highest BCUT2D eigenvalue weighted by Crippen LogP contribution is 2.18. The van der Waals surface area contributed by atoms with Crippen molar-refractivity contribution in [3.8, 4) is 5.69 Å². The van der Waals surface area contributed by atoms with Gasteiger partial charge in [0.1, 0.15) is 0 Å². The molecule has 6 heteroatoms. The molecular formula is C11H11ClN4O. The van der Waals surface area contributed by atoms with Gasteiger partial charge in [-0.2, -0.15) is 9.90 Å². The standard InChI is InChI=1S/C11H11ClN4O/c1-6-5-8(12)3-4-9(6)16-14-7(2)10(15-16)11(13)17/h3-5H,1-2H3,(H2,13,17). The number of halogens is 1. The number of carbonyl (C=O) groups is 1. The SMILES string of the molecule is Cc1cc(Cl)ccc1-n1nc(C)c(C(N)=O)n1. The predicted molar refractivity (Wildman–Crippen MR) is 64.4 cm³/mol. The topological polar surface area (TPSA) is 73.8 Å². The molecule has 88 valence electrons. The molecule has 0 radical (unpaired) electrons. The van der Waals surface area contributed by atoms with Gasteiger partial charge in [0.25, 0.3) is 5.91 Å². The van der Waals surface area contributed by atoms with Crippen molar-refractivity contribution in [3.05, 3.63) is 40.2 Å². The number of primary amides is 1. The zero-order valence-electron chi connectivity index (χ0n) is 9.44. The van der Waals surface area contributed by atoms with E-state index in [2.05, 4.69) is 10.2 Å². The molecule has 5 nitrogen and oxygen atoms in total. The second kappa shape index (κ2) is 4.18. The Balaban J connectivity index is 2.53. The van der Waals surface area contributed by atoms with E-state index in [9.17, 15) is 4.79 Å². The van der Waals surface area contributed by atoms with Gasteiger partial charge in [0.2, 0.25) is 0 Å². The van der Waals surface area contributed by atoms with Crippen molar-refractivity contribution in [2.75, 3.05) is 0 Å². The molecule has 0 aliphatic carbocycles. The van der Waals surface area contributed by atoms with Gasteiger partial charge < -0.3 is 5.73 Å². The Morgan fingerprint density at radius 3 is 2.59 bits per heavy atom. The van der Waals surface area contributed by atoms with Crippen molar-refractivity contribution in [2.45, 2.75) is 13.8 Å². The molecule has 2 rings (SSSR count). The van der Waals surface area contributed by atoms with Crippen LogP contribution in [0, 0.1) is 13.8 Å². The first kappa shape index (κ1) is 11.6. The lowest BCUT2D eigenvalue weighted by Crippen LogP contribution is -2.13. The van der Waals surface area contributed by atoms with Gasteiger partial charge >= 0.3 is 0 Å². The lowest BCUT2D eigenvalue weighted by Gasteiger charge is -2.03. The molecule has 1 aromatic carbocycles. The number of aryl methyl sites for hydroxylation is 2. The molecule has 1 amide bonds. The zero-order chi connectivity index (χ0) is 12.6. The van der Waals surface area contributed by atoms with Crippen LogP contribution in [0.25, 0.3) is 5.69 Å². The summed E-state index contributed by atoms with van der Waals surface area (Å²) < 4.78 is 0. The van der Waals surface area contributed by atoms with Gasteiger partial charge in [-0.1, -0.05) is 11.6 Å². The fourth-order valence-electron chi connectivity index (χ4n) is 1.56. The number of benzene rings is 1. The summed E-state index contributed by atoms with van der Waals surface area (Å²) in [7, 11) is 0. The number of rotatable bonds is 2. The molecule has 2 aromatic rings. The van der Waals surface area contributed by atoms with E-state index < -0.39 is 5.91 Å². The van der Waals surface area contributed by atoms with Crippen LogP contribution in [0.4, 0.5) is 0 Å². The third-order valence-electron chi connectivity index (χ3n) is 2.39. The highest BCUT2D eigenvalue weighted by Gasteiger charge is 2.14. The molecule has 0 saturated carbocycles. The van der Waals surface area contributed by atoms with Gasteiger partial charge in [-0.3, -0.25) is 4.79 Å². The molecule has 0 bridgehead atoms. The fourth-order valence-corrected chi connectivity index (χ4v) is 1.78. The van der Waals surface area contributed by atoms with Crippen LogP contribution in [-0.2, 0) is 0 Å². The van der Waals surface area contributed by atoms with Crippen LogP contribution in [-0.4, -0.2) is 20.9 Å². The monoisotopic (exact) mass is 250 g/mol. The summed E-state index contributed by atoms with van der Waals surface area (Å²) >= 11 is 5.87. The number of nitrogens with two attached hydrogens (primary N) is 1. The summed E-state index contributed by atoms with van der Waals surface area (Å²) in [6.45, 7) is 3.58. The molecule has 17 heavy (non-hydrogen) atoms. The van der Waals surface area contributed by atoms with Crippen molar-refractivity contribution >= 4 is 17.5 Å². The molecule has 0 aliphatic heterocycles. The minimum atomic E-state index is -0.583. The maximum atomic E-state index is 11.1. The fraction of sp³-hybridized carbons (Fsp3) is 0.182. The summed E-state index contributed by atoms with van der Waals surface area (Å²) in [6, 6.07) is 5.34. The number of hydrogen-bond donors (Lipinski definition) is 1. The number of amides is 1. The second-order valence-electron chi connectivity index (χ2n) is 3.72. The number of carbonyl (C=O) groups excluding carboxylic acids is 1. The van der Waals surface area contributed by atoms with E-state index in [1.807, 2.05) is 6.92 Å². The van der Waals surface area contributed by atoms with Gasteiger partial charge in [0, 0.05) is 5.02 Å². The molecule has 2 N–H and O–H groups in total. The Bertz CT molecular complexity index is 591. The molecule has 0 fully saturated rings. The van der Waals surface area contributed by atoms with E-state index in [0.717, 1.165) is 11.3 Å². The quantitative estimate of drug-likeness (QED) is 0.880. The molecule has 0 spiro atoms. The van der Waals surface area contributed by atoms with E-state index >= 15 is 0 Å². The lowest BCUT2D eigenvalue weighted by molar-refractivity contribution is 0.0994. The number of hydrogen-bond acceptors (Lipinski definition) is 3. The Hall–Kier alpha value is -1.88. The van der Waals surface area contributed by atoms with Gasteiger partial charge in [-0.25, -0.2) is 0 Å². The van der Waals surface area contributed by atoms with E-state index in [4.69, 9.17) is 17.3 Å². The largest absolute Gasteiger partial charge is 0.364 e.